The Morgan fingerprint density at radius 2 is 1.94 bits per heavy atom. The van der Waals surface area contributed by atoms with E-state index < -0.39 is 12.0 Å². The summed E-state index contributed by atoms with van der Waals surface area (Å²) in [5.41, 5.74) is 1.21. The molecule has 10 heteroatoms. The van der Waals surface area contributed by atoms with Crippen molar-refractivity contribution < 1.29 is 18.9 Å². The molecule has 32 heavy (non-hydrogen) atoms. The summed E-state index contributed by atoms with van der Waals surface area (Å²) < 4.78 is 24.9. The fraction of sp³-hybridized carbons (Fsp3) is 0.455. The molecule has 4 aliphatic heterocycles. The van der Waals surface area contributed by atoms with E-state index in [1.165, 1.54) is 6.34 Å². The molecule has 0 radical (unpaired) electrons. The first-order chi connectivity index (χ1) is 15.5. The standard InChI is InChI=1S/C22H22ClN5O4/c1-22(2)31-17-16(10-29-12-3-4-14-15(9-12)25-7-6-24-14)30-21(18(17)32-22)28-8-5-13-19(23)26-11-27-20(13)28/h3-9,11,13,16-19,21H,10H2,1-2H3/t13?,16-,17-,18-,19?,21-/m1/s1. The number of aromatic nitrogens is 2. The molecule has 166 valence electrons. The quantitative estimate of drug-likeness (QED) is 0.517. The van der Waals surface area contributed by atoms with Crippen LogP contribution >= 0.6 is 11.6 Å². The van der Waals surface area contributed by atoms with Gasteiger partial charge in [-0.3, -0.25) is 15.0 Å². The highest BCUT2D eigenvalue weighted by Gasteiger charge is 2.58. The molecule has 6 rings (SSSR count). The Morgan fingerprint density at radius 3 is 2.81 bits per heavy atom. The van der Waals surface area contributed by atoms with Gasteiger partial charge in [0, 0.05) is 24.7 Å². The molecular weight excluding hydrogens is 434 g/mol. The Labute approximate surface area is 189 Å². The minimum absolute atomic E-state index is 0.0898. The van der Waals surface area contributed by atoms with Crippen LogP contribution in [0.4, 0.5) is 0 Å². The number of benzene rings is 1. The van der Waals surface area contributed by atoms with Crippen LogP contribution in [0.2, 0.25) is 0 Å². The van der Waals surface area contributed by atoms with E-state index in [4.69, 9.17) is 30.5 Å². The van der Waals surface area contributed by atoms with E-state index in [9.17, 15) is 0 Å². The van der Waals surface area contributed by atoms with Crippen molar-refractivity contribution >= 4 is 34.8 Å². The first-order valence-corrected chi connectivity index (χ1v) is 11.0. The molecule has 2 saturated heterocycles. The molecule has 0 saturated carbocycles. The van der Waals surface area contributed by atoms with Crippen molar-refractivity contribution in [2.45, 2.75) is 49.7 Å². The highest BCUT2D eigenvalue weighted by molar-refractivity contribution is 6.23. The molecule has 2 aromatic rings. The van der Waals surface area contributed by atoms with Gasteiger partial charge in [-0.1, -0.05) is 17.7 Å². The van der Waals surface area contributed by atoms with Crippen molar-refractivity contribution in [2.75, 3.05) is 6.61 Å². The maximum atomic E-state index is 6.40. The van der Waals surface area contributed by atoms with Crippen LogP contribution in [0.25, 0.3) is 11.0 Å². The lowest BCUT2D eigenvalue weighted by Crippen LogP contribution is -2.45. The Balaban J connectivity index is 1.22. The van der Waals surface area contributed by atoms with Crippen molar-refractivity contribution in [1.29, 1.82) is 0 Å². The van der Waals surface area contributed by atoms with Crippen LogP contribution in [0, 0.1) is 5.92 Å². The van der Waals surface area contributed by atoms with Crippen molar-refractivity contribution in [2.24, 2.45) is 15.9 Å². The number of ether oxygens (including phenoxy) is 4. The Bertz CT molecular complexity index is 1140. The molecule has 0 amide bonds. The molecule has 0 bridgehead atoms. The van der Waals surface area contributed by atoms with Gasteiger partial charge in [0.2, 0.25) is 0 Å². The van der Waals surface area contributed by atoms with Crippen LogP contribution in [0.1, 0.15) is 13.8 Å². The summed E-state index contributed by atoms with van der Waals surface area (Å²) in [6.45, 7) is 4.12. The van der Waals surface area contributed by atoms with Crippen LogP contribution < -0.4 is 4.74 Å². The fourth-order valence-electron chi connectivity index (χ4n) is 4.58. The summed E-state index contributed by atoms with van der Waals surface area (Å²) in [6, 6.07) is 5.63. The van der Waals surface area contributed by atoms with E-state index in [1.54, 1.807) is 12.4 Å². The number of aliphatic imine (C=N–C) groups is 2. The van der Waals surface area contributed by atoms with Crippen LogP contribution in [0.5, 0.6) is 5.75 Å². The van der Waals surface area contributed by atoms with Crippen molar-refractivity contribution in [3.63, 3.8) is 0 Å². The highest BCUT2D eigenvalue weighted by Crippen LogP contribution is 2.42. The lowest BCUT2D eigenvalue weighted by Gasteiger charge is -2.31. The number of nitrogens with zero attached hydrogens (tertiary/aromatic N) is 5. The number of hydrogen-bond donors (Lipinski definition) is 0. The number of alkyl halides is 1. The van der Waals surface area contributed by atoms with E-state index in [1.807, 2.05) is 49.2 Å². The Hall–Kier alpha value is -2.59. The van der Waals surface area contributed by atoms with Gasteiger partial charge in [0.1, 0.15) is 48.3 Å². The fourth-order valence-corrected chi connectivity index (χ4v) is 4.83. The maximum Gasteiger partial charge on any atom is 0.164 e. The summed E-state index contributed by atoms with van der Waals surface area (Å²) in [6.07, 6.45) is 7.42. The average Bonchev–Trinajstić information content (AvgIpc) is 3.44. The summed E-state index contributed by atoms with van der Waals surface area (Å²) in [4.78, 5) is 19.2. The minimum Gasteiger partial charge on any atom is -0.491 e. The first-order valence-electron chi connectivity index (χ1n) is 10.5. The number of hydrogen-bond acceptors (Lipinski definition) is 9. The molecular formula is C22H22ClN5O4. The number of rotatable bonds is 4. The summed E-state index contributed by atoms with van der Waals surface area (Å²) >= 11 is 6.35. The molecule has 5 heterocycles. The van der Waals surface area contributed by atoms with Crippen LogP contribution in [-0.4, -0.2) is 69.5 Å². The minimum atomic E-state index is -0.720. The van der Waals surface area contributed by atoms with Crippen molar-refractivity contribution in [3.05, 3.63) is 42.9 Å². The van der Waals surface area contributed by atoms with Crippen molar-refractivity contribution in [3.8, 4) is 5.75 Å². The van der Waals surface area contributed by atoms with E-state index in [2.05, 4.69) is 20.0 Å². The van der Waals surface area contributed by atoms with Gasteiger partial charge in [0.25, 0.3) is 0 Å². The van der Waals surface area contributed by atoms with E-state index in [0.29, 0.717) is 12.4 Å². The second kappa shape index (κ2) is 7.48. The predicted molar refractivity (Wildman–Crippen MR) is 118 cm³/mol. The molecule has 1 aromatic carbocycles. The zero-order valence-electron chi connectivity index (χ0n) is 17.5. The third-order valence-corrected chi connectivity index (χ3v) is 6.35. The monoisotopic (exact) mass is 455 g/mol. The summed E-state index contributed by atoms with van der Waals surface area (Å²) in [7, 11) is 0. The normalized spacial score (nSPS) is 34.6. The molecule has 2 unspecified atom stereocenters. The third kappa shape index (κ3) is 3.36. The van der Waals surface area contributed by atoms with Gasteiger partial charge >= 0.3 is 0 Å². The smallest absolute Gasteiger partial charge is 0.164 e. The zero-order chi connectivity index (χ0) is 21.9. The molecule has 6 atom stereocenters. The largest absolute Gasteiger partial charge is 0.491 e. The lowest BCUT2D eigenvalue weighted by molar-refractivity contribution is -0.199. The van der Waals surface area contributed by atoms with Gasteiger partial charge in [0.15, 0.2) is 12.0 Å². The van der Waals surface area contributed by atoms with Crippen LogP contribution in [-0.2, 0) is 14.2 Å². The number of halogens is 1. The molecule has 9 nitrogen and oxygen atoms in total. The second-order valence-corrected chi connectivity index (χ2v) is 8.99. The SMILES string of the molecule is CC1(C)O[C@@H]2[C@H](O1)[C@@H](COc1ccc3nccnc3c1)O[C@H]2N1C=CC2C1=NC=NC2Cl. The van der Waals surface area contributed by atoms with Crippen LogP contribution in [0.15, 0.2) is 52.9 Å². The predicted octanol–water partition coefficient (Wildman–Crippen LogP) is 2.70. The van der Waals surface area contributed by atoms with Gasteiger partial charge in [-0.25, -0.2) is 4.99 Å². The van der Waals surface area contributed by atoms with Gasteiger partial charge in [-0.05, 0) is 26.0 Å². The van der Waals surface area contributed by atoms with Gasteiger partial charge < -0.3 is 23.8 Å². The van der Waals surface area contributed by atoms with Gasteiger partial charge in [-0.2, -0.15) is 0 Å². The molecule has 1 aromatic heterocycles. The maximum absolute atomic E-state index is 6.40. The number of fused-ring (bicyclic) bond motifs is 3. The second-order valence-electron chi connectivity index (χ2n) is 8.55. The molecule has 2 fully saturated rings. The van der Waals surface area contributed by atoms with E-state index >= 15 is 0 Å². The Kier molecular flexibility index (Phi) is 4.69. The zero-order valence-corrected chi connectivity index (χ0v) is 18.3. The van der Waals surface area contributed by atoms with E-state index in [0.717, 1.165) is 16.9 Å². The molecule has 0 spiro atoms. The van der Waals surface area contributed by atoms with E-state index in [-0.39, 0.29) is 29.7 Å². The summed E-state index contributed by atoms with van der Waals surface area (Å²) in [5, 5.41) is 0. The molecule has 4 aliphatic rings. The topological polar surface area (TPSA) is 90.7 Å². The third-order valence-electron chi connectivity index (χ3n) is 5.97. The summed E-state index contributed by atoms with van der Waals surface area (Å²) in [5.74, 6) is 0.681. The van der Waals surface area contributed by atoms with Crippen molar-refractivity contribution in [1.82, 2.24) is 14.9 Å². The molecule has 0 N–H and O–H groups in total. The average molecular weight is 456 g/mol. The molecule has 0 aliphatic carbocycles. The highest BCUT2D eigenvalue weighted by atomic mass is 35.5. The first kappa shape index (κ1) is 20.0. The van der Waals surface area contributed by atoms with Gasteiger partial charge in [-0.15, -0.1) is 0 Å². The van der Waals surface area contributed by atoms with Crippen LogP contribution in [0.3, 0.4) is 0 Å². The lowest BCUT2D eigenvalue weighted by atomic mass is 10.1. The number of amidine groups is 1. The van der Waals surface area contributed by atoms with Gasteiger partial charge in [0.05, 0.1) is 17.0 Å². The Morgan fingerprint density at radius 1 is 1.12 bits per heavy atom.